The van der Waals surface area contributed by atoms with E-state index in [4.69, 9.17) is 21.1 Å². The molecule has 2 fully saturated rings. The third kappa shape index (κ3) is 3.48. The fourth-order valence-corrected chi connectivity index (χ4v) is 5.29. The minimum absolute atomic E-state index is 0.140. The second-order valence-electron chi connectivity index (χ2n) is 8.54. The Hall–Kier alpha value is -3.12. The molecule has 2 aromatic rings. The lowest BCUT2D eigenvalue weighted by atomic mass is 9.85. The van der Waals surface area contributed by atoms with Crippen molar-refractivity contribution >= 4 is 29.6 Å². The van der Waals surface area contributed by atoms with E-state index >= 15 is 0 Å². The molecule has 2 amide bonds. The van der Waals surface area contributed by atoms with Crippen molar-refractivity contribution in [3.63, 3.8) is 0 Å². The lowest BCUT2D eigenvalue weighted by molar-refractivity contribution is -0.140. The maximum absolute atomic E-state index is 12.9. The highest BCUT2D eigenvalue weighted by Gasteiger charge is 2.59. The number of hydrazone groups is 1. The van der Waals surface area contributed by atoms with Gasteiger partial charge in [-0.1, -0.05) is 53.6 Å². The highest BCUT2D eigenvalue weighted by molar-refractivity contribution is 6.31. The van der Waals surface area contributed by atoms with E-state index in [0.717, 1.165) is 22.6 Å². The third-order valence-electron chi connectivity index (χ3n) is 6.49. The summed E-state index contributed by atoms with van der Waals surface area (Å²) in [5, 5.41) is 5.72. The predicted octanol–water partition coefficient (Wildman–Crippen LogP) is 4.38. The molecule has 0 aromatic heterocycles. The molecule has 5 rings (SSSR count). The normalized spacial score (nSPS) is 25.8. The molecule has 32 heavy (non-hydrogen) atoms. The molecule has 1 saturated heterocycles. The van der Waals surface area contributed by atoms with Crippen molar-refractivity contribution < 1.29 is 19.1 Å². The number of ether oxygens (including phenoxy) is 2. The summed E-state index contributed by atoms with van der Waals surface area (Å²) in [6.45, 7) is 2.34. The number of rotatable bonds is 6. The molecule has 0 spiro atoms. The van der Waals surface area contributed by atoms with Crippen molar-refractivity contribution in [2.75, 3.05) is 7.11 Å². The molecule has 0 radical (unpaired) electrons. The Morgan fingerprint density at radius 1 is 1.12 bits per heavy atom. The van der Waals surface area contributed by atoms with Crippen LogP contribution in [0.1, 0.15) is 23.1 Å². The van der Waals surface area contributed by atoms with Gasteiger partial charge in [0, 0.05) is 16.7 Å². The summed E-state index contributed by atoms with van der Waals surface area (Å²) in [7, 11) is 1.53. The van der Waals surface area contributed by atoms with Crippen molar-refractivity contribution in [1.82, 2.24) is 5.01 Å². The number of aryl methyl sites for hydroxylation is 1. The van der Waals surface area contributed by atoms with Gasteiger partial charge in [-0.25, -0.2) is 0 Å². The van der Waals surface area contributed by atoms with Crippen LogP contribution < -0.4 is 9.47 Å². The number of benzene rings is 2. The third-order valence-corrected chi connectivity index (χ3v) is 6.71. The molecule has 1 heterocycles. The molecule has 4 atom stereocenters. The van der Waals surface area contributed by atoms with Crippen LogP contribution in [0.15, 0.2) is 53.7 Å². The monoisotopic (exact) mass is 450 g/mol. The summed E-state index contributed by atoms with van der Waals surface area (Å²) in [4.78, 5) is 25.8. The predicted molar refractivity (Wildman–Crippen MR) is 121 cm³/mol. The largest absolute Gasteiger partial charge is 0.493 e. The van der Waals surface area contributed by atoms with E-state index in [9.17, 15) is 9.59 Å². The fraction of sp³-hybridized carbons (Fsp3) is 0.320. The summed E-state index contributed by atoms with van der Waals surface area (Å²) in [5.74, 6) is 0.130. The summed E-state index contributed by atoms with van der Waals surface area (Å²) >= 11 is 6.26. The van der Waals surface area contributed by atoms with Crippen LogP contribution in [0.3, 0.4) is 0 Å². The highest BCUT2D eigenvalue weighted by Crippen LogP contribution is 2.52. The van der Waals surface area contributed by atoms with Crippen LogP contribution in [0, 0.1) is 30.6 Å². The van der Waals surface area contributed by atoms with Crippen molar-refractivity contribution in [1.29, 1.82) is 0 Å². The number of nitrogens with zero attached hydrogens (tertiary/aromatic N) is 2. The number of allylic oxidation sites excluding steroid dienone is 2. The van der Waals surface area contributed by atoms with Gasteiger partial charge in [-0.3, -0.25) is 9.59 Å². The van der Waals surface area contributed by atoms with Crippen LogP contribution in [0.4, 0.5) is 0 Å². The smallest absolute Gasteiger partial charge is 0.254 e. The number of hydrogen-bond acceptors (Lipinski definition) is 5. The molecule has 4 unspecified atom stereocenters. The van der Waals surface area contributed by atoms with Crippen LogP contribution in [-0.2, 0) is 16.2 Å². The first-order valence-electron chi connectivity index (χ1n) is 10.6. The zero-order chi connectivity index (χ0) is 22.4. The van der Waals surface area contributed by atoms with Gasteiger partial charge in [0.05, 0.1) is 25.2 Å². The van der Waals surface area contributed by atoms with Crippen molar-refractivity contribution in [2.45, 2.75) is 20.0 Å². The first-order valence-corrected chi connectivity index (χ1v) is 11.0. The first kappa shape index (κ1) is 20.8. The summed E-state index contributed by atoms with van der Waals surface area (Å²) < 4.78 is 11.5. The molecule has 7 heteroatoms. The van der Waals surface area contributed by atoms with Gasteiger partial charge < -0.3 is 9.47 Å². The zero-order valence-electron chi connectivity index (χ0n) is 17.8. The second-order valence-corrected chi connectivity index (χ2v) is 8.97. The number of amides is 2. The Kier molecular flexibility index (Phi) is 5.25. The molecule has 3 aliphatic rings. The van der Waals surface area contributed by atoms with Crippen LogP contribution >= 0.6 is 11.6 Å². The lowest BCUT2D eigenvalue weighted by Crippen LogP contribution is -2.28. The molecule has 2 bridgehead atoms. The fourth-order valence-electron chi connectivity index (χ4n) is 5.07. The number of imide groups is 1. The van der Waals surface area contributed by atoms with E-state index in [1.807, 2.05) is 31.2 Å². The van der Waals surface area contributed by atoms with Crippen LogP contribution in [-0.4, -0.2) is 30.1 Å². The first-order chi connectivity index (χ1) is 15.5. The number of methoxy groups -OCH3 is 1. The standard InChI is InChI=1S/C25H23ClN2O4/c1-14-4-3-5-15(8-14)13-32-23-18(10-19(26)11-20(23)31-2)12-27-28-24(29)21-16-6-7-17(9-16)22(21)25(28)30/h3-8,10-12,16-17,21-22H,9,13H2,1-2H3. The average Bonchev–Trinajstić information content (AvgIpc) is 3.45. The topological polar surface area (TPSA) is 68.2 Å². The second kappa shape index (κ2) is 8.10. The maximum atomic E-state index is 12.9. The Balaban J connectivity index is 1.42. The number of fused-ring (bicyclic) bond motifs is 5. The maximum Gasteiger partial charge on any atom is 0.254 e. The van der Waals surface area contributed by atoms with Crippen LogP contribution in [0.2, 0.25) is 5.02 Å². The number of carbonyl (C=O) groups is 2. The van der Waals surface area contributed by atoms with E-state index in [-0.39, 0.29) is 35.5 Å². The average molecular weight is 451 g/mol. The summed E-state index contributed by atoms with van der Waals surface area (Å²) in [6.07, 6.45) is 6.45. The van der Waals surface area contributed by atoms with Gasteiger partial charge in [-0.05, 0) is 36.8 Å². The number of halogens is 1. The molecule has 1 saturated carbocycles. The van der Waals surface area contributed by atoms with Gasteiger partial charge in [0.25, 0.3) is 11.8 Å². The molecule has 164 valence electrons. The van der Waals surface area contributed by atoms with E-state index < -0.39 is 0 Å². The molecular formula is C25H23ClN2O4. The van der Waals surface area contributed by atoms with Gasteiger partial charge in [0.2, 0.25) is 0 Å². The van der Waals surface area contributed by atoms with Crippen molar-refractivity contribution in [2.24, 2.45) is 28.8 Å². The van der Waals surface area contributed by atoms with Crippen molar-refractivity contribution in [3.05, 3.63) is 70.3 Å². The van der Waals surface area contributed by atoms with E-state index in [1.165, 1.54) is 13.3 Å². The molecule has 2 aliphatic carbocycles. The molecule has 2 aromatic carbocycles. The molecule has 6 nitrogen and oxygen atoms in total. The molecule has 1 aliphatic heterocycles. The summed E-state index contributed by atoms with van der Waals surface area (Å²) in [5.41, 5.74) is 2.67. The minimum Gasteiger partial charge on any atom is -0.493 e. The number of carbonyl (C=O) groups excluding carboxylic acids is 2. The van der Waals surface area contributed by atoms with Gasteiger partial charge in [0.1, 0.15) is 6.61 Å². The Morgan fingerprint density at radius 2 is 1.84 bits per heavy atom. The van der Waals surface area contributed by atoms with E-state index in [2.05, 4.69) is 17.3 Å². The minimum atomic E-state index is -0.291. The quantitative estimate of drug-likeness (QED) is 0.372. The highest BCUT2D eigenvalue weighted by atomic mass is 35.5. The van der Waals surface area contributed by atoms with Crippen LogP contribution in [0.25, 0.3) is 0 Å². The van der Waals surface area contributed by atoms with Gasteiger partial charge in [0.15, 0.2) is 11.5 Å². The Morgan fingerprint density at radius 3 is 2.50 bits per heavy atom. The van der Waals surface area contributed by atoms with Gasteiger partial charge in [-0.15, -0.1) is 0 Å². The van der Waals surface area contributed by atoms with E-state index in [1.54, 1.807) is 12.1 Å². The summed E-state index contributed by atoms with van der Waals surface area (Å²) in [6, 6.07) is 11.3. The van der Waals surface area contributed by atoms with Crippen molar-refractivity contribution in [3.8, 4) is 11.5 Å². The van der Waals surface area contributed by atoms with Gasteiger partial charge in [-0.2, -0.15) is 10.1 Å². The Bertz CT molecular complexity index is 1130. The lowest BCUT2D eigenvalue weighted by Gasteiger charge is -2.15. The SMILES string of the molecule is COc1cc(Cl)cc(C=NN2C(=O)C3C4C=CC(C4)C3C2=O)c1OCc1cccc(C)c1. The zero-order valence-corrected chi connectivity index (χ0v) is 18.6. The Labute approximate surface area is 191 Å². The van der Waals surface area contributed by atoms with E-state index in [0.29, 0.717) is 28.7 Å². The number of hydrogen-bond donors (Lipinski definition) is 0. The van der Waals surface area contributed by atoms with Crippen LogP contribution in [0.5, 0.6) is 11.5 Å². The molecule has 0 N–H and O–H groups in total. The van der Waals surface area contributed by atoms with Gasteiger partial charge >= 0.3 is 0 Å². The molecular weight excluding hydrogens is 428 g/mol.